The maximum absolute atomic E-state index is 14.2. The molecule has 0 fully saturated rings. The lowest BCUT2D eigenvalue weighted by Crippen LogP contribution is -2.33. The first-order valence-electron chi connectivity index (χ1n) is 7.91. The number of aryl methyl sites for hydroxylation is 1. The fourth-order valence-corrected chi connectivity index (χ4v) is 6.33. The molecule has 0 aromatic heterocycles. The van der Waals surface area contributed by atoms with Crippen molar-refractivity contribution in [2.24, 2.45) is 0 Å². The van der Waals surface area contributed by atoms with E-state index in [1.165, 1.54) is 5.56 Å². The van der Waals surface area contributed by atoms with E-state index < -0.39 is 7.29 Å². The Morgan fingerprint density at radius 1 is 1.23 bits per heavy atom. The molecule has 1 aromatic carbocycles. The molecule has 22 heavy (non-hydrogen) atoms. The third kappa shape index (κ3) is 3.06. The van der Waals surface area contributed by atoms with E-state index in [0.29, 0.717) is 0 Å². The normalized spacial score (nSPS) is 20.6. The lowest BCUT2D eigenvalue weighted by molar-refractivity contribution is 0.280. The predicted octanol–water partition coefficient (Wildman–Crippen LogP) is 4.10. The maximum Gasteiger partial charge on any atom is 0.192 e. The van der Waals surface area contributed by atoms with Gasteiger partial charge < -0.3 is 9.30 Å². The molecule has 2 atom stereocenters. The summed E-state index contributed by atoms with van der Waals surface area (Å²) in [7, 11) is -1.13. The second kappa shape index (κ2) is 7.30. The molecule has 0 heterocycles. The highest BCUT2D eigenvalue weighted by Gasteiger charge is 2.41. The van der Waals surface area contributed by atoms with Gasteiger partial charge in [0.05, 0.1) is 7.11 Å². The van der Waals surface area contributed by atoms with Crippen LogP contribution in [0.2, 0.25) is 0 Å². The Morgan fingerprint density at radius 3 is 2.41 bits per heavy atom. The summed E-state index contributed by atoms with van der Waals surface area (Å²) in [6.45, 7) is 7.68. The summed E-state index contributed by atoms with van der Waals surface area (Å²) in [4.78, 5) is 0. The molecule has 0 spiro atoms. The molecule has 1 aliphatic carbocycles. The van der Waals surface area contributed by atoms with Gasteiger partial charge in [0.15, 0.2) is 7.29 Å². The number of allylic oxidation sites excluding steroid dienone is 3. The van der Waals surface area contributed by atoms with Gasteiger partial charge in [0.2, 0.25) is 0 Å². The number of methoxy groups -OCH3 is 1. The van der Waals surface area contributed by atoms with Crippen LogP contribution in [-0.2, 0) is 9.30 Å². The number of benzene rings is 1. The molecule has 0 radical (unpaired) electrons. The van der Waals surface area contributed by atoms with Crippen LogP contribution in [-0.4, -0.2) is 30.5 Å². The quantitative estimate of drug-likeness (QED) is 0.584. The fraction of sp³-hybridized carbons (Fsp3) is 0.444. The van der Waals surface area contributed by atoms with Crippen LogP contribution in [0.3, 0.4) is 0 Å². The van der Waals surface area contributed by atoms with Crippen molar-refractivity contribution in [3.8, 4) is 0 Å². The van der Waals surface area contributed by atoms with Crippen LogP contribution in [0.1, 0.15) is 25.8 Å². The van der Waals surface area contributed by atoms with Crippen molar-refractivity contribution in [1.82, 2.24) is 4.67 Å². The van der Waals surface area contributed by atoms with Gasteiger partial charge in [0, 0.05) is 18.4 Å². The lowest BCUT2D eigenvalue weighted by Gasteiger charge is -2.36. The van der Waals surface area contributed by atoms with Gasteiger partial charge in [-0.05, 0) is 31.6 Å². The summed E-state index contributed by atoms with van der Waals surface area (Å²) in [5.41, 5.74) is 0.977. The van der Waals surface area contributed by atoms with E-state index in [-0.39, 0.29) is 5.66 Å². The van der Waals surface area contributed by atoms with Gasteiger partial charge >= 0.3 is 0 Å². The summed E-state index contributed by atoms with van der Waals surface area (Å²) in [5, 5.41) is 0.904. The van der Waals surface area contributed by atoms with E-state index in [2.05, 4.69) is 30.7 Å². The van der Waals surface area contributed by atoms with Gasteiger partial charge in [-0.15, -0.1) is 0 Å². The van der Waals surface area contributed by atoms with Crippen molar-refractivity contribution < 1.29 is 9.30 Å². The van der Waals surface area contributed by atoms with Crippen molar-refractivity contribution in [3.05, 3.63) is 53.8 Å². The van der Waals surface area contributed by atoms with Gasteiger partial charge in [0.1, 0.15) is 11.4 Å². The monoisotopic (exact) mass is 319 g/mol. The molecule has 0 saturated heterocycles. The number of ether oxygens (including phenoxy) is 1. The zero-order chi connectivity index (χ0) is 16.2. The molecule has 4 heteroatoms. The lowest BCUT2D eigenvalue weighted by atomic mass is 10.2. The van der Waals surface area contributed by atoms with Crippen molar-refractivity contribution in [2.45, 2.75) is 32.9 Å². The summed E-state index contributed by atoms with van der Waals surface area (Å²) in [6.07, 6.45) is 7.01. The van der Waals surface area contributed by atoms with Crippen molar-refractivity contribution >= 4 is 12.6 Å². The van der Waals surface area contributed by atoms with Crippen molar-refractivity contribution in [1.29, 1.82) is 0 Å². The standard InChI is InChI=1S/C18H26NO2P/c1-5-19(6-2)22(20,16-13-11-15(3)12-14-16)18-10-8-7-9-17(18)21-4/h8-14,18H,5-7H2,1-4H3. The minimum Gasteiger partial charge on any atom is -0.500 e. The molecule has 0 saturated carbocycles. The van der Waals surface area contributed by atoms with Gasteiger partial charge in [0.25, 0.3) is 0 Å². The fourth-order valence-electron chi connectivity index (χ4n) is 3.00. The van der Waals surface area contributed by atoms with Gasteiger partial charge in [-0.1, -0.05) is 43.7 Å². The third-order valence-electron chi connectivity index (χ3n) is 4.23. The maximum atomic E-state index is 14.2. The topological polar surface area (TPSA) is 29.5 Å². The summed E-state index contributed by atoms with van der Waals surface area (Å²) in [5.74, 6) is 0.818. The Balaban J connectivity index is 2.57. The predicted molar refractivity (Wildman–Crippen MR) is 94.0 cm³/mol. The van der Waals surface area contributed by atoms with Crippen molar-refractivity contribution in [3.63, 3.8) is 0 Å². The van der Waals surface area contributed by atoms with Crippen molar-refractivity contribution in [2.75, 3.05) is 20.2 Å². The Bertz CT molecular complexity index is 600. The van der Waals surface area contributed by atoms with Crippen LogP contribution in [0.4, 0.5) is 0 Å². The molecule has 0 bridgehead atoms. The van der Waals surface area contributed by atoms with Crippen LogP contribution < -0.4 is 5.30 Å². The Hall–Kier alpha value is -1.31. The minimum absolute atomic E-state index is 0.200. The van der Waals surface area contributed by atoms with Gasteiger partial charge in [-0.3, -0.25) is 0 Å². The van der Waals surface area contributed by atoms with Crippen LogP contribution >= 0.6 is 7.29 Å². The molecular formula is C18H26NO2P. The minimum atomic E-state index is -2.80. The number of hydrogen-bond acceptors (Lipinski definition) is 2. The molecule has 2 rings (SSSR count). The highest BCUT2D eigenvalue weighted by atomic mass is 31.2. The highest BCUT2D eigenvalue weighted by molar-refractivity contribution is 7.70. The van der Waals surface area contributed by atoms with E-state index in [9.17, 15) is 4.57 Å². The van der Waals surface area contributed by atoms with Crippen LogP contribution in [0, 0.1) is 6.92 Å². The summed E-state index contributed by atoms with van der Waals surface area (Å²) < 4.78 is 21.8. The van der Waals surface area contributed by atoms with Crippen LogP contribution in [0.5, 0.6) is 0 Å². The number of rotatable bonds is 6. The molecule has 0 aliphatic heterocycles. The molecule has 1 aliphatic rings. The van der Waals surface area contributed by atoms with E-state index in [1.807, 2.05) is 37.3 Å². The van der Waals surface area contributed by atoms with Crippen LogP contribution in [0.25, 0.3) is 0 Å². The molecule has 3 nitrogen and oxygen atoms in total. The zero-order valence-electron chi connectivity index (χ0n) is 14.0. The second-order valence-electron chi connectivity index (χ2n) is 5.52. The molecule has 2 unspecified atom stereocenters. The largest absolute Gasteiger partial charge is 0.500 e. The second-order valence-corrected chi connectivity index (χ2v) is 8.40. The van der Waals surface area contributed by atoms with E-state index in [4.69, 9.17) is 4.74 Å². The van der Waals surface area contributed by atoms with E-state index >= 15 is 0 Å². The Morgan fingerprint density at radius 2 is 1.86 bits per heavy atom. The molecule has 120 valence electrons. The average molecular weight is 319 g/mol. The highest BCUT2D eigenvalue weighted by Crippen LogP contribution is 2.56. The molecule has 1 aromatic rings. The summed E-state index contributed by atoms with van der Waals surface area (Å²) in [6, 6.07) is 8.08. The number of hydrogen-bond donors (Lipinski definition) is 0. The third-order valence-corrected chi connectivity index (χ3v) is 7.86. The first kappa shape index (κ1) is 17.1. The van der Waals surface area contributed by atoms with Gasteiger partial charge in [-0.25, -0.2) is 4.67 Å². The average Bonchev–Trinajstić information content (AvgIpc) is 2.56. The Kier molecular flexibility index (Phi) is 5.66. The SMILES string of the molecule is CCN(CC)P(=O)(c1ccc(C)cc1)C1C=CCC=C1OC. The molecule has 0 amide bonds. The smallest absolute Gasteiger partial charge is 0.192 e. The first-order valence-corrected chi connectivity index (χ1v) is 9.63. The summed E-state index contributed by atoms with van der Waals surface area (Å²) >= 11 is 0. The molecular weight excluding hydrogens is 293 g/mol. The molecule has 0 N–H and O–H groups in total. The van der Waals surface area contributed by atoms with Gasteiger partial charge in [-0.2, -0.15) is 0 Å². The zero-order valence-corrected chi connectivity index (χ0v) is 14.8. The first-order chi connectivity index (χ1) is 10.6. The van der Waals surface area contributed by atoms with E-state index in [1.54, 1.807) is 7.11 Å². The van der Waals surface area contributed by atoms with Crippen LogP contribution in [0.15, 0.2) is 48.3 Å². The Labute approximate surface area is 134 Å². The van der Waals surface area contributed by atoms with E-state index in [0.717, 1.165) is 30.6 Å². The number of nitrogens with zero attached hydrogens (tertiary/aromatic N) is 1.